The van der Waals surface area contributed by atoms with Gasteiger partial charge in [0.15, 0.2) is 0 Å². The second-order valence-corrected chi connectivity index (χ2v) is 6.89. The van der Waals surface area contributed by atoms with Crippen molar-refractivity contribution in [2.75, 3.05) is 6.54 Å². The van der Waals surface area contributed by atoms with Crippen LogP contribution in [0.4, 0.5) is 4.79 Å². The van der Waals surface area contributed by atoms with E-state index in [-0.39, 0.29) is 11.4 Å². The fraction of sp³-hybridized carbons (Fsp3) is 0.357. The van der Waals surface area contributed by atoms with E-state index in [2.05, 4.69) is 6.58 Å². The molecule has 1 aromatic rings. The third kappa shape index (κ3) is 2.56. The predicted octanol–water partition coefficient (Wildman–Crippen LogP) is 2.47. The van der Waals surface area contributed by atoms with E-state index in [1.54, 1.807) is 19.1 Å². The molecular formula is C14H17NO4S. The molecule has 1 heterocycles. The number of hydrogen-bond acceptors (Lipinski definition) is 4. The minimum atomic E-state index is -3.86. The molecule has 0 radical (unpaired) electrons. The SMILES string of the molecule is C=CC1(C)CCN(S(=O)(=O)c2ccc(C)cc2)C(=O)O1. The molecule has 1 fully saturated rings. The largest absolute Gasteiger partial charge is 0.438 e. The maximum absolute atomic E-state index is 12.4. The van der Waals surface area contributed by atoms with E-state index < -0.39 is 21.7 Å². The van der Waals surface area contributed by atoms with Gasteiger partial charge in [-0.05, 0) is 32.1 Å². The Hall–Kier alpha value is -1.82. The number of aryl methyl sites for hydroxylation is 1. The normalized spacial score (nSPS) is 23.3. The second kappa shape index (κ2) is 4.94. The van der Waals surface area contributed by atoms with Gasteiger partial charge < -0.3 is 4.74 Å². The Labute approximate surface area is 118 Å². The number of carbonyl (C=O) groups is 1. The number of benzene rings is 1. The van der Waals surface area contributed by atoms with Crippen LogP contribution in [-0.4, -0.2) is 31.0 Å². The molecule has 0 spiro atoms. The van der Waals surface area contributed by atoms with Gasteiger partial charge >= 0.3 is 6.09 Å². The van der Waals surface area contributed by atoms with Crippen LogP contribution in [0.1, 0.15) is 18.9 Å². The standard InChI is InChI=1S/C14H17NO4S/c1-4-14(3)9-10-15(13(16)19-14)20(17,18)12-7-5-11(2)6-8-12/h4-8H,1,9-10H2,2-3H3. The van der Waals surface area contributed by atoms with Gasteiger partial charge in [-0.25, -0.2) is 17.5 Å². The molecule has 0 aromatic heterocycles. The van der Waals surface area contributed by atoms with E-state index in [1.165, 1.54) is 18.2 Å². The number of ether oxygens (including phenoxy) is 1. The zero-order valence-corrected chi connectivity index (χ0v) is 12.3. The number of nitrogens with zero attached hydrogens (tertiary/aromatic N) is 1. The first-order chi connectivity index (χ1) is 9.28. The molecule has 1 aliphatic heterocycles. The molecule has 5 nitrogen and oxygen atoms in total. The summed E-state index contributed by atoms with van der Waals surface area (Å²) in [6, 6.07) is 6.35. The lowest BCUT2D eigenvalue weighted by atomic mass is 10.0. The van der Waals surface area contributed by atoms with Crippen LogP contribution >= 0.6 is 0 Å². The van der Waals surface area contributed by atoms with Crippen LogP contribution in [0.15, 0.2) is 41.8 Å². The van der Waals surface area contributed by atoms with Crippen LogP contribution in [0, 0.1) is 6.92 Å². The lowest BCUT2D eigenvalue weighted by molar-refractivity contribution is 0.0127. The Balaban J connectivity index is 2.30. The van der Waals surface area contributed by atoms with E-state index in [0.29, 0.717) is 6.42 Å². The summed E-state index contributed by atoms with van der Waals surface area (Å²) in [5.74, 6) is 0. The number of rotatable bonds is 3. The molecule has 1 saturated heterocycles. The smallest absolute Gasteiger partial charge is 0.424 e. The van der Waals surface area contributed by atoms with Gasteiger partial charge in [-0.3, -0.25) is 0 Å². The van der Waals surface area contributed by atoms with Crippen molar-refractivity contribution >= 4 is 16.1 Å². The zero-order valence-electron chi connectivity index (χ0n) is 11.5. The van der Waals surface area contributed by atoms with Crippen LogP contribution in [0.3, 0.4) is 0 Å². The zero-order chi connectivity index (χ0) is 15.0. The van der Waals surface area contributed by atoms with Gasteiger partial charge in [0, 0.05) is 13.0 Å². The van der Waals surface area contributed by atoms with Crippen LogP contribution < -0.4 is 0 Å². The topological polar surface area (TPSA) is 63.7 Å². The summed E-state index contributed by atoms with van der Waals surface area (Å²) in [5, 5.41) is 0. The minimum absolute atomic E-state index is 0.0809. The summed E-state index contributed by atoms with van der Waals surface area (Å²) < 4.78 is 30.7. The van der Waals surface area contributed by atoms with Gasteiger partial charge in [0.1, 0.15) is 5.60 Å². The van der Waals surface area contributed by atoms with Crippen molar-refractivity contribution in [1.29, 1.82) is 0 Å². The molecule has 1 aromatic carbocycles. The Bertz CT molecular complexity index is 636. The molecule has 1 unspecified atom stereocenters. The lowest BCUT2D eigenvalue weighted by Gasteiger charge is -2.36. The van der Waals surface area contributed by atoms with Gasteiger partial charge in [0.2, 0.25) is 0 Å². The van der Waals surface area contributed by atoms with Crippen LogP contribution in [-0.2, 0) is 14.8 Å². The number of hydrogen-bond donors (Lipinski definition) is 0. The van der Waals surface area contributed by atoms with Crippen LogP contribution in [0.25, 0.3) is 0 Å². The van der Waals surface area contributed by atoms with E-state index in [1.807, 2.05) is 6.92 Å². The van der Waals surface area contributed by atoms with E-state index in [0.717, 1.165) is 9.87 Å². The number of carbonyl (C=O) groups excluding carboxylic acids is 1. The van der Waals surface area contributed by atoms with Crippen molar-refractivity contribution in [3.63, 3.8) is 0 Å². The molecule has 2 rings (SSSR count). The summed E-state index contributed by atoms with van der Waals surface area (Å²) in [4.78, 5) is 12.0. The van der Waals surface area contributed by atoms with Gasteiger partial charge in [0.25, 0.3) is 10.0 Å². The maximum Gasteiger partial charge on any atom is 0.424 e. The highest BCUT2D eigenvalue weighted by atomic mass is 32.2. The van der Waals surface area contributed by atoms with Crippen molar-refractivity contribution in [1.82, 2.24) is 4.31 Å². The summed E-state index contributed by atoms with van der Waals surface area (Å²) >= 11 is 0. The molecule has 0 aliphatic carbocycles. The minimum Gasteiger partial charge on any atom is -0.438 e. The number of cyclic esters (lactones) is 1. The molecule has 6 heteroatoms. The highest BCUT2D eigenvalue weighted by molar-refractivity contribution is 7.89. The third-order valence-electron chi connectivity index (χ3n) is 3.38. The Morgan fingerprint density at radius 1 is 1.35 bits per heavy atom. The first kappa shape index (κ1) is 14.6. The molecule has 1 aliphatic rings. The highest BCUT2D eigenvalue weighted by Crippen LogP contribution is 2.28. The van der Waals surface area contributed by atoms with Gasteiger partial charge in [-0.15, -0.1) is 0 Å². The summed E-state index contributed by atoms with van der Waals surface area (Å²) in [6.45, 7) is 7.25. The Kier molecular flexibility index (Phi) is 3.60. The summed E-state index contributed by atoms with van der Waals surface area (Å²) in [6.07, 6.45) is 1.04. The predicted molar refractivity (Wildman–Crippen MR) is 74.8 cm³/mol. The fourth-order valence-electron chi connectivity index (χ4n) is 1.92. The van der Waals surface area contributed by atoms with Crippen LogP contribution in [0.2, 0.25) is 0 Å². The van der Waals surface area contributed by atoms with Gasteiger partial charge in [-0.1, -0.05) is 24.3 Å². The molecule has 108 valence electrons. The van der Waals surface area contributed by atoms with Gasteiger partial charge in [0.05, 0.1) is 4.90 Å². The molecule has 1 atom stereocenters. The van der Waals surface area contributed by atoms with Crippen molar-refractivity contribution in [2.24, 2.45) is 0 Å². The average Bonchev–Trinajstić information content (AvgIpc) is 2.39. The van der Waals surface area contributed by atoms with Crippen molar-refractivity contribution in [2.45, 2.75) is 30.8 Å². The monoisotopic (exact) mass is 295 g/mol. The summed E-state index contributed by atoms with van der Waals surface area (Å²) in [5.41, 5.74) is 0.139. The number of amides is 1. The molecule has 0 saturated carbocycles. The van der Waals surface area contributed by atoms with E-state index >= 15 is 0 Å². The van der Waals surface area contributed by atoms with Gasteiger partial charge in [-0.2, -0.15) is 0 Å². The Morgan fingerprint density at radius 3 is 2.45 bits per heavy atom. The quantitative estimate of drug-likeness (QED) is 0.804. The lowest BCUT2D eigenvalue weighted by Crippen LogP contribution is -2.49. The van der Waals surface area contributed by atoms with E-state index in [9.17, 15) is 13.2 Å². The van der Waals surface area contributed by atoms with Crippen LogP contribution in [0.5, 0.6) is 0 Å². The van der Waals surface area contributed by atoms with Crippen molar-refractivity contribution in [3.8, 4) is 0 Å². The molecule has 0 N–H and O–H groups in total. The third-order valence-corrected chi connectivity index (χ3v) is 5.16. The molecule has 0 bridgehead atoms. The second-order valence-electron chi connectivity index (χ2n) is 5.02. The first-order valence-electron chi connectivity index (χ1n) is 6.24. The maximum atomic E-state index is 12.4. The van der Waals surface area contributed by atoms with Crippen molar-refractivity contribution in [3.05, 3.63) is 42.5 Å². The molecule has 1 amide bonds. The first-order valence-corrected chi connectivity index (χ1v) is 7.68. The molecule has 20 heavy (non-hydrogen) atoms. The van der Waals surface area contributed by atoms with Crippen molar-refractivity contribution < 1.29 is 17.9 Å². The summed E-state index contributed by atoms with van der Waals surface area (Å²) in [7, 11) is -3.86. The fourth-order valence-corrected chi connectivity index (χ4v) is 3.22. The average molecular weight is 295 g/mol. The molecular weight excluding hydrogens is 278 g/mol. The highest BCUT2D eigenvalue weighted by Gasteiger charge is 2.40. The number of sulfonamides is 1. The Morgan fingerprint density at radius 2 is 1.95 bits per heavy atom. The van der Waals surface area contributed by atoms with E-state index in [4.69, 9.17) is 4.74 Å².